The molecule has 0 bridgehead atoms. The molecule has 0 saturated carbocycles. The molecule has 0 aliphatic carbocycles. The molecule has 18 nitrogen and oxygen atoms in total. The highest BCUT2D eigenvalue weighted by Crippen LogP contribution is 2.40. The Morgan fingerprint density at radius 1 is 0.588 bits per heavy atom. The van der Waals surface area contributed by atoms with Crippen LogP contribution in [0.4, 0.5) is 40.3 Å². The predicted octanol–water partition coefficient (Wildman–Crippen LogP) is 6.73. The van der Waals surface area contributed by atoms with Crippen LogP contribution in [0.2, 0.25) is 5.28 Å². The van der Waals surface area contributed by atoms with Crippen molar-refractivity contribution in [1.29, 1.82) is 0 Å². The fourth-order valence-electron chi connectivity index (χ4n) is 4.92. The second-order valence-electron chi connectivity index (χ2n) is 10.3. The average Bonchev–Trinajstić information content (AvgIpc) is 3.05. The van der Waals surface area contributed by atoms with Crippen LogP contribution in [0.5, 0.6) is 0 Å². The van der Waals surface area contributed by atoms with Gasteiger partial charge in [0.2, 0.25) is 17.2 Å². The molecular weight excluding hydrogens is 750 g/mol. The van der Waals surface area contributed by atoms with Crippen LogP contribution in [-0.4, -0.2) is 53.9 Å². The van der Waals surface area contributed by atoms with Gasteiger partial charge in [-0.1, -0.05) is 36.4 Å². The lowest BCUT2D eigenvalue weighted by Crippen LogP contribution is -2.05. The molecule has 0 amide bonds. The van der Waals surface area contributed by atoms with E-state index >= 15 is 0 Å². The number of azo groups is 2. The van der Waals surface area contributed by atoms with E-state index in [1.807, 2.05) is 0 Å². The topological polar surface area (TPSA) is 289 Å². The number of fused-ring (bicyclic) bond motifs is 2. The van der Waals surface area contributed by atoms with Crippen LogP contribution in [0.15, 0.2) is 120 Å². The van der Waals surface area contributed by atoms with Gasteiger partial charge in [0, 0.05) is 21.5 Å². The van der Waals surface area contributed by atoms with Gasteiger partial charge in [-0.2, -0.15) is 40.2 Å². The van der Waals surface area contributed by atoms with Crippen LogP contribution in [0.1, 0.15) is 0 Å². The summed E-state index contributed by atoms with van der Waals surface area (Å²) in [6.07, 6.45) is 0. The van der Waals surface area contributed by atoms with Crippen molar-refractivity contribution in [1.82, 2.24) is 15.0 Å². The molecule has 260 valence electrons. The number of hydrogen-bond acceptors (Lipinski definition) is 15. The molecule has 5 aromatic carbocycles. The molecule has 6 aromatic rings. The van der Waals surface area contributed by atoms with E-state index in [0.717, 1.165) is 18.2 Å². The fourth-order valence-corrected chi connectivity index (χ4v) is 6.92. The largest absolute Gasteiger partial charge is 0.368 e. The summed E-state index contributed by atoms with van der Waals surface area (Å²) in [6.45, 7) is 0. The summed E-state index contributed by atoms with van der Waals surface area (Å²) in [5, 5.41) is 20.5. The van der Waals surface area contributed by atoms with E-state index in [9.17, 15) is 38.9 Å². The standard InChI is InChI=1S/C29H20ClN9O9S3/c30-27-33-28(31)35-29(34-27)32-22-12-11-21(18-6-3-7-25(26(18)22)51(46,47)48)38-36-19-9-10-20(17-5-2-1-4-16(17)19)37-39-23-14-15(49(40,41)42)8-13-24(23)50(43,44)45/h1-14H,(H,40,41,42)(H,43,44,45)(H,46,47,48)(H3,31,32,33,34,35)/b38-36+,39-37+. The number of halogens is 1. The van der Waals surface area contributed by atoms with Crippen molar-refractivity contribution in [3.05, 3.63) is 90.2 Å². The predicted molar refractivity (Wildman–Crippen MR) is 185 cm³/mol. The Morgan fingerprint density at radius 3 is 1.71 bits per heavy atom. The first-order valence-corrected chi connectivity index (χ1v) is 18.6. The van der Waals surface area contributed by atoms with Gasteiger partial charge in [0.15, 0.2) is 0 Å². The van der Waals surface area contributed by atoms with Crippen LogP contribution < -0.4 is 11.1 Å². The third-order valence-electron chi connectivity index (χ3n) is 7.04. The monoisotopic (exact) mass is 769 g/mol. The van der Waals surface area contributed by atoms with E-state index < -0.39 is 50.7 Å². The van der Waals surface area contributed by atoms with E-state index in [0.29, 0.717) is 16.5 Å². The van der Waals surface area contributed by atoms with Gasteiger partial charge in [0.1, 0.15) is 15.5 Å². The van der Waals surface area contributed by atoms with Gasteiger partial charge in [0.05, 0.1) is 27.6 Å². The molecule has 0 spiro atoms. The molecule has 0 atom stereocenters. The van der Waals surface area contributed by atoms with Gasteiger partial charge in [0.25, 0.3) is 30.4 Å². The lowest BCUT2D eigenvalue weighted by atomic mass is 10.1. The van der Waals surface area contributed by atoms with Gasteiger partial charge in [-0.3, -0.25) is 13.7 Å². The quantitative estimate of drug-likeness (QED) is 0.0753. The SMILES string of the molecule is Nc1nc(Cl)nc(Nc2ccc(/N=N/c3ccc(/N=N/c4cc(S(=O)(=O)O)ccc4S(=O)(=O)O)c4ccccc34)c3cccc(S(=O)(=O)O)c23)n1. The maximum Gasteiger partial charge on any atom is 0.296 e. The molecule has 6 rings (SSSR count). The first-order valence-electron chi connectivity index (χ1n) is 13.9. The van der Waals surface area contributed by atoms with Crippen molar-refractivity contribution in [3.8, 4) is 0 Å². The fraction of sp³-hybridized carbons (Fsp3) is 0. The lowest BCUT2D eigenvalue weighted by molar-refractivity contribution is 0.478. The highest BCUT2D eigenvalue weighted by atomic mass is 35.5. The Labute approximate surface area is 293 Å². The number of rotatable bonds is 9. The minimum Gasteiger partial charge on any atom is -0.368 e. The second-order valence-corrected chi connectivity index (χ2v) is 14.9. The smallest absolute Gasteiger partial charge is 0.296 e. The van der Waals surface area contributed by atoms with E-state index in [4.69, 9.17) is 17.3 Å². The van der Waals surface area contributed by atoms with E-state index in [-0.39, 0.29) is 45.0 Å². The molecule has 1 aromatic heterocycles. The summed E-state index contributed by atoms with van der Waals surface area (Å²) < 4.78 is 101. The Balaban J connectivity index is 1.43. The first kappa shape index (κ1) is 35.3. The van der Waals surface area contributed by atoms with E-state index in [1.165, 1.54) is 36.4 Å². The van der Waals surface area contributed by atoms with Gasteiger partial charge in [-0.25, -0.2) is 0 Å². The van der Waals surface area contributed by atoms with Gasteiger partial charge < -0.3 is 11.1 Å². The van der Waals surface area contributed by atoms with Gasteiger partial charge >= 0.3 is 0 Å². The molecule has 0 aliphatic rings. The maximum atomic E-state index is 12.4. The number of nitrogen functional groups attached to an aromatic ring is 1. The van der Waals surface area contributed by atoms with Crippen molar-refractivity contribution in [2.75, 3.05) is 11.1 Å². The minimum absolute atomic E-state index is 0.0227. The highest BCUT2D eigenvalue weighted by molar-refractivity contribution is 7.86. The normalized spacial score (nSPS) is 12.7. The molecule has 1 heterocycles. The van der Waals surface area contributed by atoms with Crippen LogP contribution in [0, 0.1) is 0 Å². The summed E-state index contributed by atoms with van der Waals surface area (Å²) in [5.41, 5.74) is 5.94. The molecule has 0 fully saturated rings. The van der Waals surface area contributed by atoms with E-state index in [2.05, 4.69) is 40.7 Å². The van der Waals surface area contributed by atoms with Gasteiger partial charge in [-0.15, -0.1) is 20.5 Å². The van der Waals surface area contributed by atoms with Crippen molar-refractivity contribution in [2.24, 2.45) is 20.5 Å². The zero-order valence-corrected chi connectivity index (χ0v) is 28.4. The van der Waals surface area contributed by atoms with Crippen molar-refractivity contribution in [3.63, 3.8) is 0 Å². The number of hydrogen-bond donors (Lipinski definition) is 5. The van der Waals surface area contributed by atoms with Crippen LogP contribution >= 0.6 is 11.6 Å². The van der Waals surface area contributed by atoms with Crippen molar-refractivity contribution in [2.45, 2.75) is 14.7 Å². The first-order chi connectivity index (χ1) is 24.0. The average molecular weight is 770 g/mol. The van der Waals surface area contributed by atoms with Crippen molar-refractivity contribution >= 4 is 104 Å². The zero-order valence-electron chi connectivity index (χ0n) is 25.2. The Hall–Kier alpha value is -5.55. The second kappa shape index (κ2) is 13.3. The number of aromatic nitrogens is 3. The molecule has 0 unspecified atom stereocenters. The minimum atomic E-state index is -4.86. The Bertz CT molecular complexity index is 2780. The van der Waals surface area contributed by atoms with Gasteiger partial charge in [-0.05, 0) is 60.1 Å². The molecule has 0 saturated heterocycles. The molecule has 51 heavy (non-hydrogen) atoms. The maximum absolute atomic E-state index is 12.4. The third-order valence-corrected chi connectivity index (χ3v) is 9.86. The molecule has 22 heteroatoms. The molecule has 0 radical (unpaired) electrons. The summed E-state index contributed by atoms with van der Waals surface area (Å²) >= 11 is 5.89. The summed E-state index contributed by atoms with van der Waals surface area (Å²) in [7, 11) is -14.4. The molecule has 0 aliphatic heterocycles. The highest BCUT2D eigenvalue weighted by Gasteiger charge is 2.21. The van der Waals surface area contributed by atoms with Crippen LogP contribution in [0.25, 0.3) is 21.5 Å². The summed E-state index contributed by atoms with van der Waals surface area (Å²) in [5.74, 6) is -0.298. The number of nitrogens with zero attached hydrogens (tertiary/aromatic N) is 7. The zero-order chi connectivity index (χ0) is 36.7. The van der Waals surface area contributed by atoms with E-state index in [1.54, 1.807) is 30.3 Å². The summed E-state index contributed by atoms with van der Waals surface area (Å²) in [6, 6.07) is 19.1. The lowest BCUT2D eigenvalue weighted by Gasteiger charge is -2.13. The third kappa shape index (κ3) is 7.63. The number of nitrogens with two attached hydrogens (primary N) is 1. The summed E-state index contributed by atoms with van der Waals surface area (Å²) in [4.78, 5) is 9.68. The molecule has 6 N–H and O–H groups in total. The van der Waals surface area contributed by atoms with Crippen molar-refractivity contribution < 1.29 is 38.9 Å². The number of nitrogens with one attached hydrogen (secondary N) is 1. The Kier molecular flexibility index (Phi) is 9.20. The van der Waals surface area contributed by atoms with Crippen LogP contribution in [0.3, 0.4) is 0 Å². The Morgan fingerprint density at radius 2 is 1.14 bits per heavy atom. The number of benzene rings is 5. The number of anilines is 3. The van der Waals surface area contributed by atoms with Crippen LogP contribution in [-0.2, 0) is 30.4 Å². The molecular formula is C29H20ClN9O9S3.